The van der Waals surface area contributed by atoms with Crippen molar-refractivity contribution in [1.29, 1.82) is 0 Å². The van der Waals surface area contributed by atoms with E-state index in [9.17, 15) is 0 Å². The molecule has 0 amide bonds. The van der Waals surface area contributed by atoms with Crippen LogP contribution < -0.4 is 0 Å². The molecular formula is C15H21N3O. The highest BCUT2D eigenvalue weighted by Crippen LogP contribution is 2.23. The van der Waals surface area contributed by atoms with Crippen LogP contribution in [0, 0.1) is 0 Å². The second-order valence-electron chi connectivity index (χ2n) is 5.59. The van der Waals surface area contributed by atoms with Gasteiger partial charge in [0.2, 0.25) is 0 Å². The van der Waals surface area contributed by atoms with E-state index in [1.165, 1.54) is 0 Å². The molecule has 0 radical (unpaired) electrons. The van der Waals surface area contributed by atoms with Gasteiger partial charge in [0.15, 0.2) is 5.82 Å². The van der Waals surface area contributed by atoms with Gasteiger partial charge in [0, 0.05) is 18.9 Å². The summed E-state index contributed by atoms with van der Waals surface area (Å²) in [5, 5.41) is 4.61. The van der Waals surface area contributed by atoms with Crippen molar-refractivity contribution in [3.63, 3.8) is 0 Å². The number of aromatic nitrogens is 3. The van der Waals surface area contributed by atoms with Crippen LogP contribution in [0.2, 0.25) is 0 Å². The smallest absolute Gasteiger partial charge is 0.153 e. The number of para-hydroxylation sites is 1. The summed E-state index contributed by atoms with van der Waals surface area (Å²) < 4.78 is 7.03. The maximum absolute atomic E-state index is 5.10. The van der Waals surface area contributed by atoms with Crippen LogP contribution in [0.5, 0.6) is 0 Å². The highest BCUT2D eigenvalue weighted by Gasteiger charge is 2.23. The van der Waals surface area contributed by atoms with E-state index in [1.807, 2.05) is 35.0 Å². The molecule has 2 aromatic rings. The lowest BCUT2D eigenvalue weighted by atomic mass is 9.95. The zero-order valence-corrected chi connectivity index (χ0v) is 12.1. The maximum atomic E-state index is 5.10. The van der Waals surface area contributed by atoms with Gasteiger partial charge in [0.25, 0.3) is 0 Å². The van der Waals surface area contributed by atoms with E-state index in [4.69, 9.17) is 4.74 Å². The number of benzene rings is 1. The van der Waals surface area contributed by atoms with Crippen LogP contribution in [-0.4, -0.2) is 28.5 Å². The zero-order chi connectivity index (χ0) is 13.9. The summed E-state index contributed by atoms with van der Waals surface area (Å²) in [7, 11) is 1.69. The third-order valence-electron chi connectivity index (χ3n) is 2.85. The van der Waals surface area contributed by atoms with Crippen LogP contribution in [0.4, 0.5) is 0 Å². The molecule has 0 aliphatic carbocycles. The highest BCUT2D eigenvalue weighted by molar-refractivity contribution is 5.32. The average Bonchev–Trinajstić information content (AvgIpc) is 2.81. The van der Waals surface area contributed by atoms with Crippen molar-refractivity contribution in [2.75, 3.05) is 13.7 Å². The van der Waals surface area contributed by atoms with Crippen LogP contribution in [0.15, 0.2) is 30.3 Å². The second-order valence-corrected chi connectivity index (χ2v) is 5.59. The van der Waals surface area contributed by atoms with Gasteiger partial charge in [-0.05, 0) is 12.1 Å². The van der Waals surface area contributed by atoms with E-state index in [-0.39, 0.29) is 5.41 Å². The Morgan fingerprint density at radius 2 is 1.84 bits per heavy atom. The molecule has 0 bridgehead atoms. The Morgan fingerprint density at radius 3 is 2.42 bits per heavy atom. The summed E-state index contributed by atoms with van der Waals surface area (Å²) in [5.74, 6) is 1.81. The first-order valence-electron chi connectivity index (χ1n) is 6.53. The summed E-state index contributed by atoms with van der Waals surface area (Å²) >= 11 is 0. The molecule has 0 aliphatic heterocycles. The van der Waals surface area contributed by atoms with E-state index in [0.717, 1.165) is 23.8 Å². The molecule has 0 aliphatic rings. The van der Waals surface area contributed by atoms with Gasteiger partial charge in [-0.3, -0.25) is 0 Å². The summed E-state index contributed by atoms with van der Waals surface area (Å²) in [6.45, 7) is 7.09. The molecule has 1 heterocycles. The minimum absolute atomic E-state index is 0.0475. The SMILES string of the molecule is COCCc1nc(C(C)(C)C)n(-c2ccccc2)n1. The number of rotatable bonds is 4. The average molecular weight is 259 g/mol. The largest absolute Gasteiger partial charge is 0.384 e. The van der Waals surface area contributed by atoms with Crippen molar-refractivity contribution >= 4 is 0 Å². The van der Waals surface area contributed by atoms with Crippen molar-refractivity contribution in [2.24, 2.45) is 0 Å². The summed E-state index contributed by atoms with van der Waals surface area (Å²) in [4.78, 5) is 4.67. The van der Waals surface area contributed by atoms with Gasteiger partial charge >= 0.3 is 0 Å². The van der Waals surface area contributed by atoms with Crippen LogP contribution in [0.1, 0.15) is 32.4 Å². The molecule has 102 valence electrons. The van der Waals surface area contributed by atoms with Crippen molar-refractivity contribution in [3.05, 3.63) is 42.0 Å². The van der Waals surface area contributed by atoms with E-state index in [1.54, 1.807) is 7.11 Å². The van der Waals surface area contributed by atoms with Crippen molar-refractivity contribution in [2.45, 2.75) is 32.6 Å². The zero-order valence-electron chi connectivity index (χ0n) is 12.1. The number of ether oxygens (including phenoxy) is 1. The van der Waals surface area contributed by atoms with Crippen molar-refractivity contribution in [1.82, 2.24) is 14.8 Å². The molecule has 0 spiro atoms. The first kappa shape index (κ1) is 13.7. The van der Waals surface area contributed by atoms with Gasteiger partial charge in [0.05, 0.1) is 12.3 Å². The third-order valence-corrected chi connectivity index (χ3v) is 2.85. The fourth-order valence-electron chi connectivity index (χ4n) is 1.89. The molecule has 0 fully saturated rings. The van der Waals surface area contributed by atoms with E-state index in [2.05, 4.69) is 30.9 Å². The predicted molar refractivity (Wildman–Crippen MR) is 75.6 cm³/mol. The summed E-state index contributed by atoms with van der Waals surface area (Å²) in [5.41, 5.74) is 0.998. The molecule has 19 heavy (non-hydrogen) atoms. The Bertz CT molecular complexity index is 526. The molecule has 0 N–H and O–H groups in total. The molecule has 1 aromatic carbocycles. The minimum atomic E-state index is -0.0475. The van der Waals surface area contributed by atoms with Gasteiger partial charge in [-0.1, -0.05) is 39.0 Å². The standard InChI is InChI=1S/C15H21N3O/c1-15(2,3)14-16-13(10-11-19-4)17-18(14)12-8-6-5-7-9-12/h5-9H,10-11H2,1-4H3. The van der Waals surface area contributed by atoms with Gasteiger partial charge in [0.1, 0.15) is 5.82 Å². The molecule has 4 heteroatoms. The number of nitrogens with zero attached hydrogens (tertiary/aromatic N) is 3. The van der Waals surface area contributed by atoms with Crippen molar-refractivity contribution < 1.29 is 4.74 Å². The second kappa shape index (κ2) is 5.53. The maximum Gasteiger partial charge on any atom is 0.153 e. The molecule has 0 saturated carbocycles. The Morgan fingerprint density at radius 1 is 1.16 bits per heavy atom. The lowest BCUT2D eigenvalue weighted by molar-refractivity contribution is 0.200. The Labute approximate surface area is 114 Å². The molecule has 0 atom stereocenters. The van der Waals surface area contributed by atoms with Gasteiger partial charge < -0.3 is 4.74 Å². The molecule has 1 aromatic heterocycles. The quantitative estimate of drug-likeness (QED) is 0.847. The Hall–Kier alpha value is -1.68. The fourth-order valence-corrected chi connectivity index (χ4v) is 1.89. The topological polar surface area (TPSA) is 39.9 Å². The van der Waals surface area contributed by atoms with Gasteiger partial charge in [-0.25, -0.2) is 9.67 Å². The Balaban J connectivity index is 2.43. The van der Waals surface area contributed by atoms with E-state index in [0.29, 0.717) is 6.61 Å². The first-order chi connectivity index (χ1) is 9.02. The number of hydrogen-bond donors (Lipinski definition) is 0. The van der Waals surface area contributed by atoms with Crippen LogP contribution >= 0.6 is 0 Å². The summed E-state index contributed by atoms with van der Waals surface area (Å²) in [6, 6.07) is 10.1. The number of hydrogen-bond acceptors (Lipinski definition) is 3. The van der Waals surface area contributed by atoms with Crippen molar-refractivity contribution in [3.8, 4) is 5.69 Å². The van der Waals surface area contributed by atoms with Crippen LogP contribution in [0.25, 0.3) is 5.69 Å². The van der Waals surface area contributed by atoms with Gasteiger partial charge in [-0.15, -0.1) is 0 Å². The van der Waals surface area contributed by atoms with E-state index >= 15 is 0 Å². The number of methoxy groups -OCH3 is 1. The monoisotopic (exact) mass is 259 g/mol. The fraction of sp³-hybridized carbons (Fsp3) is 0.467. The van der Waals surface area contributed by atoms with Gasteiger partial charge in [-0.2, -0.15) is 5.10 Å². The molecule has 0 unspecified atom stereocenters. The predicted octanol–water partition coefficient (Wildman–Crippen LogP) is 2.75. The molecule has 4 nitrogen and oxygen atoms in total. The van der Waals surface area contributed by atoms with Crippen LogP contribution in [0.3, 0.4) is 0 Å². The molecular weight excluding hydrogens is 238 g/mol. The minimum Gasteiger partial charge on any atom is -0.384 e. The highest BCUT2D eigenvalue weighted by atomic mass is 16.5. The van der Waals surface area contributed by atoms with Crippen LogP contribution in [-0.2, 0) is 16.6 Å². The Kier molecular flexibility index (Phi) is 4.00. The lowest BCUT2D eigenvalue weighted by Gasteiger charge is -2.18. The summed E-state index contributed by atoms with van der Waals surface area (Å²) in [6.07, 6.45) is 0.736. The molecule has 2 rings (SSSR count). The molecule has 0 saturated heterocycles. The van der Waals surface area contributed by atoms with E-state index < -0.39 is 0 Å². The first-order valence-corrected chi connectivity index (χ1v) is 6.53. The normalized spacial score (nSPS) is 11.8. The lowest BCUT2D eigenvalue weighted by Crippen LogP contribution is -2.18. The third kappa shape index (κ3) is 3.20.